The number of halogens is 1. The summed E-state index contributed by atoms with van der Waals surface area (Å²) >= 11 is 7.18. The Kier molecular flexibility index (Phi) is 7.00. The molecule has 1 amide bonds. The highest BCUT2D eigenvalue weighted by atomic mass is 35.5. The summed E-state index contributed by atoms with van der Waals surface area (Å²) in [5.74, 6) is 0.583. The van der Waals surface area contributed by atoms with Crippen LogP contribution in [0.1, 0.15) is 12.5 Å². The predicted molar refractivity (Wildman–Crippen MR) is 130 cm³/mol. The number of anilines is 1. The summed E-state index contributed by atoms with van der Waals surface area (Å²) in [6.07, 6.45) is 1.74. The van der Waals surface area contributed by atoms with E-state index in [1.807, 2.05) is 31.2 Å². The number of aryl methyl sites for hydroxylation is 1. The Morgan fingerprint density at radius 1 is 1.21 bits per heavy atom. The van der Waals surface area contributed by atoms with Crippen LogP contribution in [0.25, 0.3) is 11.0 Å². The zero-order chi connectivity index (χ0) is 23.4. The van der Waals surface area contributed by atoms with E-state index in [0.29, 0.717) is 40.0 Å². The number of aromatic nitrogens is 4. The first kappa shape index (κ1) is 22.9. The Hall–Kier alpha value is -3.30. The van der Waals surface area contributed by atoms with E-state index in [1.165, 1.54) is 11.8 Å². The van der Waals surface area contributed by atoms with Crippen molar-refractivity contribution in [2.75, 3.05) is 18.2 Å². The molecule has 0 bridgehead atoms. The average Bonchev–Trinajstić information content (AvgIpc) is 3.24. The minimum atomic E-state index is -0.249. The van der Waals surface area contributed by atoms with E-state index in [9.17, 15) is 9.59 Å². The summed E-state index contributed by atoms with van der Waals surface area (Å²) in [7, 11) is 1.60. The van der Waals surface area contributed by atoms with Gasteiger partial charge in [0, 0.05) is 17.3 Å². The van der Waals surface area contributed by atoms with Gasteiger partial charge in [-0.3, -0.25) is 18.8 Å². The maximum atomic E-state index is 13.3. The van der Waals surface area contributed by atoms with Gasteiger partial charge in [0.1, 0.15) is 11.3 Å². The van der Waals surface area contributed by atoms with Gasteiger partial charge in [-0.1, -0.05) is 41.6 Å². The van der Waals surface area contributed by atoms with Crippen LogP contribution >= 0.6 is 23.4 Å². The Labute approximate surface area is 199 Å². The van der Waals surface area contributed by atoms with Crippen LogP contribution in [-0.2, 0) is 17.9 Å². The molecule has 2 heterocycles. The van der Waals surface area contributed by atoms with Crippen molar-refractivity contribution in [1.82, 2.24) is 19.3 Å². The highest BCUT2D eigenvalue weighted by Crippen LogP contribution is 2.21. The second-order valence-electron chi connectivity index (χ2n) is 7.20. The molecule has 2 aromatic carbocycles. The maximum absolute atomic E-state index is 13.3. The standard InChI is InChI=1S/C23H22ClN5O3S/c1-3-28-13-19-21(27-28)22(31)29(12-15-7-9-18(32-2)10-8-15)23(26-19)33-14-20(30)25-17-6-4-5-16(24)11-17/h4-11,13H,3,12,14H2,1-2H3,(H,25,30). The lowest BCUT2D eigenvalue weighted by Crippen LogP contribution is -2.25. The molecule has 0 aliphatic heterocycles. The van der Waals surface area contributed by atoms with Gasteiger partial charge < -0.3 is 10.1 Å². The third-order valence-corrected chi connectivity index (χ3v) is 6.11. The molecular formula is C23H22ClN5O3S. The number of ether oxygens (including phenoxy) is 1. The van der Waals surface area contributed by atoms with E-state index in [-0.39, 0.29) is 17.2 Å². The smallest absolute Gasteiger partial charge is 0.282 e. The second kappa shape index (κ2) is 10.1. The van der Waals surface area contributed by atoms with Crippen LogP contribution in [0.4, 0.5) is 5.69 Å². The lowest BCUT2D eigenvalue weighted by molar-refractivity contribution is -0.113. The molecule has 0 spiro atoms. The average molecular weight is 484 g/mol. The number of rotatable bonds is 8. The van der Waals surface area contributed by atoms with Crippen molar-refractivity contribution in [3.63, 3.8) is 0 Å². The number of hydrogen-bond acceptors (Lipinski definition) is 6. The van der Waals surface area contributed by atoms with Crippen LogP contribution in [0.2, 0.25) is 5.02 Å². The molecule has 0 saturated heterocycles. The number of methoxy groups -OCH3 is 1. The van der Waals surface area contributed by atoms with E-state index in [2.05, 4.69) is 15.4 Å². The number of benzene rings is 2. The first-order chi connectivity index (χ1) is 16.0. The van der Waals surface area contributed by atoms with Crippen molar-refractivity contribution in [2.24, 2.45) is 0 Å². The summed E-state index contributed by atoms with van der Waals surface area (Å²) in [6, 6.07) is 14.4. The minimum absolute atomic E-state index is 0.0784. The van der Waals surface area contributed by atoms with Crippen LogP contribution in [0, 0.1) is 0 Å². The van der Waals surface area contributed by atoms with E-state index in [1.54, 1.807) is 46.8 Å². The number of carbonyl (C=O) groups excluding carboxylic acids is 1. The summed E-state index contributed by atoms with van der Waals surface area (Å²) < 4.78 is 8.44. The number of fused-ring (bicyclic) bond motifs is 1. The van der Waals surface area contributed by atoms with Crippen LogP contribution in [0.15, 0.2) is 64.7 Å². The highest BCUT2D eigenvalue weighted by molar-refractivity contribution is 7.99. The van der Waals surface area contributed by atoms with Gasteiger partial charge in [-0.25, -0.2) is 4.98 Å². The number of nitrogens with zero attached hydrogens (tertiary/aromatic N) is 4. The molecule has 0 atom stereocenters. The lowest BCUT2D eigenvalue weighted by atomic mass is 10.2. The normalized spacial score (nSPS) is 11.0. The molecular weight excluding hydrogens is 462 g/mol. The Balaban J connectivity index is 1.62. The van der Waals surface area contributed by atoms with E-state index >= 15 is 0 Å². The molecule has 0 aliphatic rings. The maximum Gasteiger partial charge on any atom is 0.282 e. The molecule has 0 radical (unpaired) electrons. The number of thioether (sulfide) groups is 1. The van der Waals surface area contributed by atoms with Crippen molar-refractivity contribution < 1.29 is 9.53 Å². The monoisotopic (exact) mass is 483 g/mol. The molecule has 8 nitrogen and oxygen atoms in total. The molecule has 4 aromatic rings. The van der Waals surface area contributed by atoms with Gasteiger partial charge in [-0.15, -0.1) is 0 Å². The molecule has 33 heavy (non-hydrogen) atoms. The van der Waals surface area contributed by atoms with Gasteiger partial charge in [0.25, 0.3) is 5.56 Å². The second-order valence-corrected chi connectivity index (χ2v) is 8.58. The molecule has 0 fully saturated rings. The fraction of sp³-hybridized carbons (Fsp3) is 0.217. The van der Waals surface area contributed by atoms with Gasteiger partial charge >= 0.3 is 0 Å². The van der Waals surface area contributed by atoms with Crippen molar-refractivity contribution in [3.05, 3.63) is 75.7 Å². The van der Waals surface area contributed by atoms with E-state index < -0.39 is 0 Å². The van der Waals surface area contributed by atoms with Crippen molar-refractivity contribution in [1.29, 1.82) is 0 Å². The van der Waals surface area contributed by atoms with Crippen LogP contribution in [0.3, 0.4) is 0 Å². The SMILES string of the molecule is CCn1cc2nc(SCC(=O)Nc3cccc(Cl)c3)n(Cc3ccc(OC)cc3)c(=O)c2n1. The molecule has 0 unspecified atom stereocenters. The number of carbonyl (C=O) groups is 1. The Morgan fingerprint density at radius 2 is 2.00 bits per heavy atom. The van der Waals surface area contributed by atoms with E-state index in [4.69, 9.17) is 16.3 Å². The molecule has 2 aromatic heterocycles. The lowest BCUT2D eigenvalue weighted by Gasteiger charge is -2.12. The first-order valence-corrected chi connectivity index (χ1v) is 11.6. The summed E-state index contributed by atoms with van der Waals surface area (Å²) in [5.41, 5.74) is 2.07. The first-order valence-electron chi connectivity index (χ1n) is 10.3. The van der Waals surface area contributed by atoms with Crippen molar-refractivity contribution in [3.8, 4) is 5.75 Å². The molecule has 4 rings (SSSR count). The Morgan fingerprint density at radius 3 is 2.70 bits per heavy atom. The summed E-state index contributed by atoms with van der Waals surface area (Å²) in [4.78, 5) is 30.4. The zero-order valence-electron chi connectivity index (χ0n) is 18.1. The number of amides is 1. The molecule has 10 heteroatoms. The van der Waals surface area contributed by atoms with Gasteiger partial charge in [0.2, 0.25) is 5.91 Å². The van der Waals surface area contributed by atoms with E-state index in [0.717, 1.165) is 11.3 Å². The summed E-state index contributed by atoms with van der Waals surface area (Å²) in [6.45, 7) is 2.86. The van der Waals surface area contributed by atoms with Gasteiger partial charge in [-0.2, -0.15) is 5.10 Å². The van der Waals surface area contributed by atoms with Crippen LogP contribution in [0.5, 0.6) is 5.75 Å². The molecule has 170 valence electrons. The summed E-state index contributed by atoms with van der Waals surface area (Å²) in [5, 5.41) is 8.15. The number of hydrogen-bond donors (Lipinski definition) is 1. The predicted octanol–water partition coefficient (Wildman–Crippen LogP) is 4.05. The molecule has 0 saturated carbocycles. The third kappa shape index (κ3) is 5.37. The fourth-order valence-electron chi connectivity index (χ4n) is 3.24. The van der Waals surface area contributed by atoms with Crippen LogP contribution in [-0.4, -0.2) is 38.1 Å². The van der Waals surface area contributed by atoms with Crippen LogP contribution < -0.4 is 15.6 Å². The number of nitrogens with one attached hydrogen (secondary N) is 1. The topological polar surface area (TPSA) is 91.0 Å². The minimum Gasteiger partial charge on any atom is -0.497 e. The van der Waals surface area contributed by atoms with Crippen molar-refractivity contribution >= 4 is 46.0 Å². The van der Waals surface area contributed by atoms with Gasteiger partial charge in [0.15, 0.2) is 10.7 Å². The van der Waals surface area contributed by atoms with Gasteiger partial charge in [0.05, 0.1) is 25.6 Å². The highest BCUT2D eigenvalue weighted by Gasteiger charge is 2.16. The quantitative estimate of drug-likeness (QED) is 0.300. The van der Waals surface area contributed by atoms with Gasteiger partial charge in [-0.05, 0) is 42.8 Å². The molecule has 1 N–H and O–H groups in total. The fourth-order valence-corrected chi connectivity index (χ4v) is 4.23. The zero-order valence-corrected chi connectivity index (χ0v) is 19.7. The Bertz CT molecular complexity index is 1350. The largest absolute Gasteiger partial charge is 0.497 e. The van der Waals surface area contributed by atoms with Crippen molar-refractivity contribution in [2.45, 2.75) is 25.2 Å². The molecule has 0 aliphatic carbocycles. The third-order valence-electron chi connectivity index (χ3n) is 4.90.